The van der Waals surface area contributed by atoms with Crippen LogP contribution in [0.25, 0.3) is 0 Å². The first-order chi connectivity index (χ1) is 6.92. The van der Waals surface area contributed by atoms with Crippen LogP contribution in [0.5, 0.6) is 5.75 Å². The Labute approximate surface area is 83.6 Å². The summed E-state index contributed by atoms with van der Waals surface area (Å²) in [6, 6.07) is 5.64. The Kier molecular flexibility index (Phi) is 3.39. The van der Waals surface area contributed by atoms with Crippen molar-refractivity contribution in [1.82, 2.24) is 0 Å². The van der Waals surface area contributed by atoms with E-state index in [4.69, 9.17) is 5.73 Å². The van der Waals surface area contributed by atoms with Crippen molar-refractivity contribution >= 4 is 5.69 Å². The fourth-order valence-corrected chi connectivity index (χ4v) is 0.847. The van der Waals surface area contributed by atoms with Gasteiger partial charge in [0.25, 0.3) is 0 Å². The van der Waals surface area contributed by atoms with Crippen molar-refractivity contribution in [2.75, 3.05) is 12.3 Å². The lowest BCUT2D eigenvalue weighted by Gasteiger charge is -2.15. The van der Waals surface area contributed by atoms with Crippen molar-refractivity contribution in [3.05, 3.63) is 24.3 Å². The molecule has 0 aliphatic carbocycles. The number of rotatable bonds is 4. The van der Waals surface area contributed by atoms with Gasteiger partial charge in [0.05, 0.1) is 0 Å². The number of ether oxygens (including phenoxy) is 1. The third-order valence-electron chi connectivity index (χ3n) is 1.61. The summed E-state index contributed by atoms with van der Waals surface area (Å²) < 4.78 is 52.8. The van der Waals surface area contributed by atoms with E-state index < -0.39 is 19.0 Å². The molecule has 84 valence electrons. The molecule has 0 saturated carbocycles. The average Bonchev–Trinajstić information content (AvgIpc) is 2.15. The van der Waals surface area contributed by atoms with E-state index in [0.29, 0.717) is 5.69 Å². The third kappa shape index (κ3) is 3.30. The Hall–Kier alpha value is -1.46. The molecule has 1 rings (SSSR count). The number of alkyl halides is 4. The average molecular weight is 223 g/mol. The number of nitrogens with two attached hydrogens (primary N) is 1. The zero-order valence-electron chi connectivity index (χ0n) is 7.59. The van der Waals surface area contributed by atoms with Crippen LogP contribution in [0.4, 0.5) is 23.2 Å². The molecule has 2 N–H and O–H groups in total. The van der Waals surface area contributed by atoms with Gasteiger partial charge in [-0.25, -0.2) is 8.78 Å². The molecule has 0 amide bonds. The molecule has 6 heteroatoms. The summed E-state index contributed by atoms with van der Waals surface area (Å²) in [5.74, 6) is -4.11. The molecule has 0 aliphatic heterocycles. The SMILES string of the molecule is Nc1cccc(OCC(F)(F)C(F)F)c1. The molecular weight excluding hydrogens is 214 g/mol. The summed E-state index contributed by atoms with van der Waals surface area (Å²) in [5.41, 5.74) is 5.65. The highest BCUT2D eigenvalue weighted by Gasteiger charge is 2.41. The van der Waals surface area contributed by atoms with E-state index in [1.807, 2.05) is 0 Å². The minimum absolute atomic E-state index is 0.0373. The highest BCUT2D eigenvalue weighted by molar-refractivity contribution is 5.43. The molecule has 0 fully saturated rings. The third-order valence-corrected chi connectivity index (χ3v) is 1.61. The smallest absolute Gasteiger partial charge is 0.340 e. The van der Waals surface area contributed by atoms with E-state index in [9.17, 15) is 17.6 Å². The molecule has 1 aromatic carbocycles. The zero-order chi connectivity index (χ0) is 11.5. The molecule has 0 radical (unpaired) electrons. The van der Waals surface area contributed by atoms with Crippen LogP contribution in [0.15, 0.2) is 24.3 Å². The molecule has 0 saturated heterocycles. The molecule has 15 heavy (non-hydrogen) atoms. The van der Waals surface area contributed by atoms with Gasteiger partial charge < -0.3 is 10.5 Å². The fourth-order valence-electron chi connectivity index (χ4n) is 0.847. The first-order valence-electron chi connectivity index (χ1n) is 4.06. The van der Waals surface area contributed by atoms with E-state index >= 15 is 0 Å². The summed E-state index contributed by atoms with van der Waals surface area (Å²) in [6.07, 6.45) is -3.74. The number of hydrogen-bond acceptors (Lipinski definition) is 2. The van der Waals surface area contributed by atoms with Crippen molar-refractivity contribution in [1.29, 1.82) is 0 Å². The minimum atomic E-state index is -4.15. The van der Waals surface area contributed by atoms with Crippen molar-refractivity contribution in [2.24, 2.45) is 0 Å². The van der Waals surface area contributed by atoms with Gasteiger partial charge >= 0.3 is 12.3 Å². The normalized spacial score (nSPS) is 11.8. The monoisotopic (exact) mass is 223 g/mol. The van der Waals surface area contributed by atoms with Crippen molar-refractivity contribution in [3.8, 4) is 5.75 Å². The van der Waals surface area contributed by atoms with Gasteiger partial charge in [-0.3, -0.25) is 0 Å². The Morgan fingerprint density at radius 3 is 2.53 bits per heavy atom. The highest BCUT2D eigenvalue weighted by Crippen LogP contribution is 2.24. The largest absolute Gasteiger partial charge is 0.487 e. The van der Waals surface area contributed by atoms with Gasteiger partial charge in [0.2, 0.25) is 0 Å². The van der Waals surface area contributed by atoms with E-state index in [1.165, 1.54) is 24.3 Å². The first kappa shape index (κ1) is 11.6. The van der Waals surface area contributed by atoms with Crippen molar-refractivity contribution in [2.45, 2.75) is 12.3 Å². The molecule has 0 bridgehead atoms. The van der Waals surface area contributed by atoms with Crippen molar-refractivity contribution < 1.29 is 22.3 Å². The van der Waals surface area contributed by atoms with Gasteiger partial charge in [-0.2, -0.15) is 8.78 Å². The predicted octanol–water partition coefficient (Wildman–Crippen LogP) is 2.55. The lowest BCUT2D eigenvalue weighted by molar-refractivity contribution is -0.148. The molecule has 0 aliphatic rings. The number of nitrogen functional groups attached to an aromatic ring is 1. The molecule has 2 nitrogen and oxygen atoms in total. The Morgan fingerprint density at radius 1 is 1.33 bits per heavy atom. The maximum Gasteiger partial charge on any atom is 0.340 e. The molecule has 0 spiro atoms. The number of benzene rings is 1. The highest BCUT2D eigenvalue weighted by atomic mass is 19.3. The standard InChI is InChI=1S/C9H9F4NO/c10-8(11)9(12,13)5-15-7-3-1-2-6(14)4-7/h1-4,8H,5,14H2. The van der Waals surface area contributed by atoms with Crippen molar-refractivity contribution in [3.63, 3.8) is 0 Å². The van der Waals surface area contributed by atoms with Gasteiger partial charge in [0.1, 0.15) is 5.75 Å². The Balaban J connectivity index is 2.57. The Bertz CT molecular complexity index is 330. The summed E-state index contributed by atoms with van der Waals surface area (Å²) in [5, 5.41) is 0. The number of halogens is 4. The molecule has 0 atom stereocenters. The second-order valence-corrected chi connectivity index (χ2v) is 2.92. The zero-order valence-corrected chi connectivity index (χ0v) is 7.59. The van der Waals surface area contributed by atoms with E-state index in [-0.39, 0.29) is 5.75 Å². The van der Waals surface area contributed by atoms with E-state index in [0.717, 1.165) is 0 Å². The quantitative estimate of drug-likeness (QED) is 0.628. The van der Waals surface area contributed by atoms with Crippen LogP contribution in [-0.4, -0.2) is 19.0 Å². The molecule has 1 aromatic rings. The topological polar surface area (TPSA) is 35.2 Å². The van der Waals surface area contributed by atoms with Crippen LogP contribution in [-0.2, 0) is 0 Å². The maximum atomic E-state index is 12.4. The van der Waals surface area contributed by atoms with Gasteiger partial charge in [0, 0.05) is 11.8 Å². The van der Waals surface area contributed by atoms with Crippen LogP contribution in [0.3, 0.4) is 0 Å². The van der Waals surface area contributed by atoms with Crippen LogP contribution < -0.4 is 10.5 Å². The van der Waals surface area contributed by atoms with E-state index in [2.05, 4.69) is 4.74 Å². The molecular formula is C9H9F4NO. The first-order valence-corrected chi connectivity index (χ1v) is 4.06. The second-order valence-electron chi connectivity index (χ2n) is 2.92. The van der Waals surface area contributed by atoms with Gasteiger partial charge in [-0.15, -0.1) is 0 Å². The summed E-state index contributed by atoms with van der Waals surface area (Å²) >= 11 is 0. The van der Waals surface area contributed by atoms with Gasteiger partial charge in [0.15, 0.2) is 6.61 Å². The van der Waals surface area contributed by atoms with Crippen LogP contribution in [0.2, 0.25) is 0 Å². The minimum Gasteiger partial charge on any atom is -0.487 e. The molecule has 0 unspecified atom stereocenters. The molecule has 0 heterocycles. The maximum absolute atomic E-state index is 12.4. The van der Waals surface area contributed by atoms with Gasteiger partial charge in [-0.1, -0.05) is 6.07 Å². The van der Waals surface area contributed by atoms with Crippen LogP contribution >= 0.6 is 0 Å². The summed E-state index contributed by atoms with van der Waals surface area (Å²) in [4.78, 5) is 0. The van der Waals surface area contributed by atoms with Gasteiger partial charge in [-0.05, 0) is 12.1 Å². The lowest BCUT2D eigenvalue weighted by Crippen LogP contribution is -2.33. The summed E-state index contributed by atoms with van der Waals surface area (Å²) in [6.45, 7) is -1.37. The fraction of sp³-hybridized carbons (Fsp3) is 0.333. The predicted molar refractivity (Wildman–Crippen MR) is 47.3 cm³/mol. The second kappa shape index (κ2) is 4.37. The number of hydrogen-bond donors (Lipinski definition) is 1. The Morgan fingerprint density at radius 2 is 2.00 bits per heavy atom. The van der Waals surface area contributed by atoms with Crippen LogP contribution in [0.1, 0.15) is 0 Å². The number of anilines is 1. The lowest BCUT2D eigenvalue weighted by atomic mass is 10.3. The van der Waals surface area contributed by atoms with E-state index in [1.54, 1.807) is 0 Å². The van der Waals surface area contributed by atoms with Crippen LogP contribution in [0, 0.1) is 0 Å². The molecule has 0 aromatic heterocycles. The summed E-state index contributed by atoms with van der Waals surface area (Å²) in [7, 11) is 0.